The number of carbonyl (C=O) groups excluding carboxylic acids is 1. The molecule has 1 fully saturated rings. The van der Waals surface area contributed by atoms with Gasteiger partial charge in [-0.15, -0.1) is 10.2 Å². The zero-order chi connectivity index (χ0) is 20.8. The van der Waals surface area contributed by atoms with Gasteiger partial charge in [0.15, 0.2) is 11.0 Å². The molecule has 2 N–H and O–H groups in total. The van der Waals surface area contributed by atoms with Gasteiger partial charge in [0, 0.05) is 16.4 Å². The number of hydrogen-bond donors (Lipinski definition) is 2. The first kappa shape index (κ1) is 20.9. The molecule has 0 bridgehead atoms. The van der Waals surface area contributed by atoms with E-state index in [0.717, 1.165) is 44.4 Å². The number of hydrogen-bond acceptors (Lipinski definition) is 5. The maximum absolute atomic E-state index is 12.4. The van der Waals surface area contributed by atoms with Crippen molar-refractivity contribution in [2.24, 2.45) is 0 Å². The average molecular weight is 445 g/mol. The molecule has 4 rings (SSSR count). The minimum Gasteiger partial charge on any atom is -0.370 e. The van der Waals surface area contributed by atoms with E-state index in [4.69, 9.17) is 16.3 Å². The van der Waals surface area contributed by atoms with Crippen molar-refractivity contribution in [1.82, 2.24) is 14.8 Å². The van der Waals surface area contributed by atoms with Crippen LogP contribution in [0.3, 0.4) is 0 Å². The van der Waals surface area contributed by atoms with Crippen LogP contribution in [0.15, 0.2) is 59.8 Å². The summed E-state index contributed by atoms with van der Waals surface area (Å²) in [5.74, 6) is 1.02. The van der Waals surface area contributed by atoms with Crippen LogP contribution in [0.1, 0.15) is 5.82 Å². The fourth-order valence-corrected chi connectivity index (χ4v) is 4.16. The van der Waals surface area contributed by atoms with E-state index in [9.17, 15) is 4.79 Å². The van der Waals surface area contributed by atoms with Crippen LogP contribution in [0.25, 0.3) is 5.69 Å². The van der Waals surface area contributed by atoms with Crippen LogP contribution >= 0.6 is 23.4 Å². The molecule has 1 saturated heterocycles. The quantitative estimate of drug-likeness (QED) is 0.546. The van der Waals surface area contributed by atoms with Gasteiger partial charge < -0.3 is 15.0 Å². The second-order valence-corrected chi connectivity index (χ2v) is 8.33. The van der Waals surface area contributed by atoms with Crippen LogP contribution < -0.4 is 10.2 Å². The number of nitrogens with one attached hydrogen (secondary N) is 2. The first-order valence-electron chi connectivity index (χ1n) is 9.78. The molecule has 0 spiro atoms. The third kappa shape index (κ3) is 5.40. The van der Waals surface area contributed by atoms with Crippen LogP contribution in [-0.4, -0.2) is 52.7 Å². The predicted octanol–water partition coefficient (Wildman–Crippen LogP) is 2.07. The number of anilines is 1. The van der Waals surface area contributed by atoms with Gasteiger partial charge in [-0.1, -0.05) is 41.6 Å². The highest BCUT2D eigenvalue weighted by Gasteiger charge is 2.21. The van der Waals surface area contributed by atoms with Gasteiger partial charge in [-0.05, 0) is 36.4 Å². The Hall–Kier alpha value is -2.39. The van der Waals surface area contributed by atoms with E-state index < -0.39 is 0 Å². The van der Waals surface area contributed by atoms with E-state index in [1.165, 1.54) is 16.7 Å². The lowest BCUT2D eigenvalue weighted by Crippen LogP contribution is -3.12. The Labute approximate surface area is 184 Å². The lowest BCUT2D eigenvalue weighted by Gasteiger charge is -2.23. The molecule has 3 aromatic rings. The number of thioether (sulfide) groups is 1. The number of morpholine rings is 1. The van der Waals surface area contributed by atoms with Crippen molar-refractivity contribution in [3.05, 3.63) is 65.4 Å². The van der Waals surface area contributed by atoms with Gasteiger partial charge in [-0.2, -0.15) is 0 Å². The van der Waals surface area contributed by atoms with Gasteiger partial charge in [0.05, 0.1) is 19.0 Å². The van der Waals surface area contributed by atoms with E-state index in [1.807, 2.05) is 34.9 Å². The zero-order valence-corrected chi connectivity index (χ0v) is 18.0. The highest BCUT2D eigenvalue weighted by Crippen LogP contribution is 2.22. The number of rotatable bonds is 7. The number of benzene rings is 2. The molecule has 0 aliphatic carbocycles. The summed E-state index contributed by atoms with van der Waals surface area (Å²) in [4.78, 5) is 13.8. The maximum atomic E-state index is 12.4. The monoisotopic (exact) mass is 444 g/mol. The molecule has 1 aliphatic rings. The molecule has 2 aromatic carbocycles. The molecule has 0 atom stereocenters. The van der Waals surface area contributed by atoms with E-state index in [2.05, 4.69) is 15.5 Å². The summed E-state index contributed by atoms with van der Waals surface area (Å²) < 4.78 is 7.50. The minimum atomic E-state index is -0.106. The molecule has 30 heavy (non-hydrogen) atoms. The Bertz CT molecular complexity index is 975. The van der Waals surface area contributed by atoms with E-state index in [-0.39, 0.29) is 11.7 Å². The van der Waals surface area contributed by atoms with Crippen LogP contribution in [0.5, 0.6) is 0 Å². The summed E-state index contributed by atoms with van der Waals surface area (Å²) in [5, 5.41) is 13.0. The molecule has 156 valence electrons. The van der Waals surface area contributed by atoms with Gasteiger partial charge in [-0.3, -0.25) is 9.36 Å². The van der Waals surface area contributed by atoms with Crippen LogP contribution in [0, 0.1) is 0 Å². The molecule has 0 saturated carbocycles. The highest BCUT2D eigenvalue weighted by atomic mass is 35.5. The number of para-hydroxylation sites is 1. The zero-order valence-electron chi connectivity index (χ0n) is 16.4. The standard InChI is InChI=1S/C21H22ClN5O2S/c22-16-6-8-17(9-7-16)23-20(28)15-30-21-25-24-19(14-26-10-12-29-13-11-26)27(21)18-4-2-1-3-5-18/h1-9H,10-15H2,(H,23,28)/p+1. The van der Waals surface area contributed by atoms with Gasteiger partial charge in [-0.25, -0.2) is 0 Å². The Morgan fingerprint density at radius 3 is 2.57 bits per heavy atom. The Kier molecular flexibility index (Phi) is 7.01. The lowest BCUT2D eigenvalue weighted by atomic mass is 10.3. The summed E-state index contributed by atoms with van der Waals surface area (Å²) in [6.45, 7) is 4.20. The number of aromatic nitrogens is 3. The smallest absolute Gasteiger partial charge is 0.234 e. The topological polar surface area (TPSA) is 73.5 Å². The van der Waals surface area contributed by atoms with Gasteiger partial charge in [0.2, 0.25) is 5.91 Å². The predicted molar refractivity (Wildman–Crippen MR) is 117 cm³/mol. The lowest BCUT2D eigenvalue weighted by molar-refractivity contribution is -0.922. The second-order valence-electron chi connectivity index (χ2n) is 6.95. The highest BCUT2D eigenvalue weighted by molar-refractivity contribution is 7.99. The largest absolute Gasteiger partial charge is 0.370 e. The molecular formula is C21H23ClN5O2S+. The number of carbonyl (C=O) groups is 1. The van der Waals surface area contributed by atoms with Crippen molar-refractivity contribution in [3.63, 3.8) is 0 Å². The van der Waals surface area contributed by atoms with E-state index in [1.54, 1.807) is 24.3 Å². The Balaban J connectivity index is 1.47. The molecule has 1 amide bonds. The average Bonchev–Trinajstić information content (AvgIpc) is 3.17. The minimum absolute atomic E-state index is 0.106. The maximum Gasteiger partial charge on any atom is 0.234 e. The molecular weight excluding hydrogens is 422 g/mol. The molecule has 0 radical (unpaired) electrons. The van der Waals surface area contributed by atoms with Crippen molar-refractivity contribution in [1.29, 1.82) is 0 Å². The van der Waals surface area contributed by atoms with Crippen LogP contribution in [0.4, 0.5) is 5.69 Å². The van der Waals surface area contributed by atoms with Gasteiger partial charge in [0.25, 0.3) is 0 Å². The van der Waals surface area contributed by atoms with E-state index in [0.29, 0.717) is 15.9 Å². The molecule has 1 aromatic heterocycles. The van der Waals surface area contributed by atoms with Crippen molar-refractivity contribution in [2.75, 3.05) is 37.4 Å². The fraction of sp³-hybridized carbons (Fsp3) is 0.286. The fourth-order valence-electron chi connectivity index (χ4n) is 3.27. The van der Waals surface area contributed by atoms with Gasteiger partial charge >= 0.3 is 0 Å². The normalized spacial score (nSPS) is 14.6. The van der Waals surface area contributed by atoms with E-state index >= 15 is 0 Å². The first-order chi connectivity index (χ1) is 14.7. The molecule has 9 heteroatoms. The molecule has 0 unspecified atom stereocenters. The number of halogens is 1. The van der Waals surface area contributed by atoms with Crippen molar-refractivity contribution in [3.8, 4) is 5.69 Å². The van der Waals surface area contributed by atoms with Crippen molar-refractivity contribution >= 4 is 35.0 Å². The number of quaternary nitrogens is 1. The summed E-state index contributed by atoms with van der Waals surface area (Å²) in [5.41, 5.74) is 1.71. The van der Waals surface area contributed by atoms with Crippen molar-refractivity contribution < 1.29 is 14.4 Å². The third-order valence-corrected chi connectivity index (χ3v) is 5.96. The molecule has 1 aliphatic heterocycles. The number of amides is 1. The number of nitrogens with zero attached hydrogens (tertiary/aromatic N) is 3. The summed E-state index contributed by atoms with van der Waals surface area (Å²) in [6.07, 6.45) is 0. The van der Waals surface area contributed by atoms with Crippen LogP contribution in [-0.2, 0) is 16.1 Å². The van der Waals surface area contributed by atoms with Gasteiger partial charge in [0.1, 0.15) is 19.6 Å². The second kappa shape index (κ2) is 10.1. The summed E-state index contributed by atoms with van der Waals surface area (Å²) in [6, 6.07) is 17.1. The summed E-state index contributed by atoms with van der Waals surface area (Å²) >= 11 is 7.27. The third-order valence-electron chi connectivity index (χ3n) is 4.78. The Morgan fingerprint density at radius 2 is 1.83 bits per heavy atom. The number of ether oxygens (including phenoxy) is 1. The summed E-state index contributed by atoms with van der Waals surface area (Å²) in [7, 11) is 0. The van der Waals surface area contributed by atoms with Crippen LogP contribution in [0.2, 0.25) is 5.02 Å². The molecule has 7 nitrogen and oxygen atoms in total. The SMILES string of the molecule is O=C(CSc1nnc(C[NH+]2CCOCC2)n1-c1ccccc1)Nc1ccc(Cl)cc1. The van der Waals surface area contributed by atoms with Crippen molar-refractivity contribution in [2.45, 2.75) is 11.7 Å². The molecule has 2 heterocycles. The first-order valence-corrected chi connectivity index (χ1v) is 11.1. The Morgan fingerprint density at radius 1 is 1.10 bits per heavy atom.